The minimum Gasteiger partial charge on any atom is -0.348 e. The van der Waals surface area contributed by atoms with E-state index in [1.807, 2.05) is 65.0 Å². The molecule has 2 saturated heterocycles. The second-order valence-corrected chi connectivity index (χ2v) is 17.5. The maximum absolute atomic E-state index is 13.5. The Hall–Kier alpha value is -8.62. The van der Waals surface area contributed by atoms with Crippen molar-refractivity contribution in [3.8, 4) is 22.5 Å². The van der Waals surface area contributed by atoms with Gasteiger partial charge in [0.25, 0.3) is 11.8 Å². The summed E-state index contributed by atoms with van der Waals surface area (Å²) < 4.78 is 3.94. The number of aryl methyl sites for hydroxylation is 1. The highest BCUT2D eigenvalue weighted by molar-refractivity contribution is 6.08. The summed E-state index contributed by atoms with van der Waals surface area (Å²) in [5, 5.41) is 14.3. The quantitative estimate of drug-likeness (QED) is 0.113. The van der Waals surface area contributed by atoms with E-state index in [1.54, 1.807) is 52.8 Å². The van der Waals surface area contributed by atoms with E-state index in [1.165, 1.54) is 0 Å². The van der Waals surface area contributed by atoms with Gasteiger partial charge in [-0.15, -0.1) is 0 Å². The van der Waals surface area contributed by atoms with Gasteiger partial charge in [0, 0.05) is 123 Å². The van der Waals surface area contributed by atoms with E-state index in [9.17, 15) is 19.2 Å². The molecule has 4 amide bonds. The predicted molar refractivity (Wildman–Crippen MR) is 253 cm³/mol. The number of nitrogens with zero attached hydrogens (tertiary/aromatic N) is 10. The molecule has 8 N–H and O–H groups in total. The van der Waals surface area contributed by atoms with Crippen molar-refractivity contribution < 1.29 is 19.2 Å². The Balaban J connectivity index is 0.874. The number of hydrogen-bond donors (Lipinski definition) is 6. The Bertz CT molecular complexity index is 3470. The molecule has 4 aliphatic rings. The van der Waals surface area contributed by atoms with Gasteiger partial charge in [-0.3, -0.25) is 38.9 Å². The minimum atomic E-state index is -0.340. The van der Waals surface area contributed by atoms with Crippen molar-refractivity contribution in [2.24, 2.45) is 18.5 Å². The number of amides is 4. The van der Waals surface area contributed by atoms with Gasteiger partial charge in [0.2, 0.25) is 11.8 Å². The van der Waals surface area contributed by atoms with Gasteiger partial charge < -0.3 is 41.9 Å². The molecule has 0 aromatic carbocycles. The number of anilines is 6. The fraction of sp³-hybridized carbons (Fsp3) is 0.208. The van der Waals surface area contributed by atoms with Crippen LogP contribution in [-0.4, -0.2) is 87.8 Å². The van der Waals surface area contributed by atoms with Crippen LogP contribution in [0.2, 0.25) is 0 Å². The Morgan fingerprint density at radius 3 is 1.87 bits per heavy atom. The van der Waals surface area contributed by atoms with Crippen LogP contribution in [0.4, 0.5) is 34.6 Å². The van der Waals surface area contributed by atoms with Crippen LogP contribution < -0.4 is 42.5 Å². The smallest absolute Gasteiger partial charge is 0.254 e. The van der Waals surface area contributed by atoms with Crippen LogP contribution in [0.3, 0.4) is 0 Å². The molecule has 0 aliphatic carbocycles. The molecule has 8 aromatic heterocycles. The van der Waals surface area contributed by atoms with Gasteiger partial charge in [0.05, 0.1) is 46.3 Å². The number of carbonyl (C=O) groups excluding carboxylic acids is 4. The van der Waals surface area contributed by atoms with Crippen LogP contribution >= 0.6 is 0 Å². The number of nitrogens with two attached hydrogens (primary N) is 2. The molecule has 12 rings (SSSR count). The van der Waals surface area contributed by atoms with Crippen LogP contribution in [0.25, 0.3) is 44.6 Å². The summed E-state index contributed by atoms with van der Waals surface area (Å²) in [6.07, 6.45) is 11.1. The van der Waals surface area contributed by atoms with Gasteiger partial charge in [0.1, 0.15) is 34.6 Å². The molecule has 20 heteroatoms. The molecule has 2 fully saturated rings. The third-order valence-corrected chi connectivity index (χ3v) is 13.0. The van der Waals surface area contributed by atoms with E-state index >= 15 is 0 Å². The summed E-state index contributed by atoms with van der Waals surface area (Å²) in [7, 11) is 1.93. The highest BCUT2D eigenvalue weighted by atomic mass is 16.2. The topological polar surface area (TPSA) is 262 Å². The largest absolute Gasteiger partial charge is 0.348 e. The first-order valence-corrected chi connectivity index (χ1v) is 22.1. The van der Waals surface area contributed by atoms with Gasteiger partial charge in [-0.05, 0) is 54.1 Å². The van der Waals surface area contributed by atoms with Crippen molar-refractivity contribution in [3.63, 3.8) is 0 Å². The highest BCUT2D eigenvalue weighted by Gasteiger charge is 2.33. The third kappa shape index (κ3) is 6.83. The number of aromatic nitrogens is 8. The van der Waals surface area contributed by atoms with Crippen molar-refractivity contribution in [2.45, 2.75) is 44.6 Å². The molecule has 12 heterocycles. The van der Waals surface area contributed by atoms with E-state index in [4.69, 9.17) is 31.4 Å². The molecule has 0 unspecified atom stereocenters. The molecule has 0 bridgehead atoms. The van der Waals surface area contributed by atoms with Crippen LogP contribution in [-0.2, 0) is 36.3 Å². The monoisotopic (exact) mass is 906 g/mol. The summed E-state index contributed by atoms with van der Waals surface area (Å²) in [6.45, 7) is 1.58. The second kappa shape index (κ2) is 15.8. The molecule has 0 saturated carbocycles. The average molecular weight is 907 g/mol. The molecule has 2 atom stereocenters. The molecular weight excluding hydrogens is 865 g/mol. The zero-order chi connectivity index (χ0) is 46.4. The average Bonchev–Trinajstić information content (AvgIpc) is 4.21. The molecule has 338 valence electrons. The lowest BCUT2D eigenvalue weighted by molar-refractivity contribution is -0.118. The first-order valence-electron chi connectivity index (χ1n) is 22.1. The maximum atomic E-state index is 13.5. The molecular formula is C48H42N16O4. The lowest BCUT2D eigenvalue weighted by Crippen LogP contribution is -2.29. The second-order valence-electron chi connectivity index (χ2n) is 17.5. The summed E-state index contributed by atoms with van der Waals surface area (Å²) in [5.74, 6) is 1.04. The van der Waals surface area contributed by atoms with Crippen molar-refractivity contribution in [3.05, 3.63) is 120 Å². The van der Waals surface area contributed by atoms with Gasteiger partial charge in [-0.25, -0.2) is 19.9 Å². The molecule has 0 spiro atoms. The molecule has 20 nitrogen and oxygen atoms in total. The predicted octanol–water partition coefficient (Wildman–Crippen LogP) is 3.99. The molecule has 0 radical (unpaired) electrons. The Labute approximate surface area is 386 Å². The van der Waals surface area contributed by atoms with Gasteiger partial charge in [0.15, 0.2) is 0 Å². The number of pyridine rings is 6. The Kier molecular flexibility index (Phi) is 9.48. The summed E-state index contributed by atoms with van der Waals surface area (Å²) in [4.78, 5) is 84.6. The number of carbonyl (C=O) groups is 4. The van der Waals surface area contributed by atoms with Crippen molar-refractivity contribution in [1.29, 1.82) is 0 Å². The van der Waals surface area contributed by atoms with E-state index in [0.29, 0.717) is 89.0 Å². The van der Waals surface area contributed by atoms with Crippen molar-refractivity contribution in [1.82, 2.24) is 49.7 Å². The molecule has 68 heavy (non-hydrogen) atoms. The van der Waals surface area contributed by atoms with Crippen LogP contribution in [0.5, 0.6) is 0 Å². The standard InChI is InChI=1S/C48H42N16O4/c1-61-11-7-29-27(5-9-51-45(29)61)43-32-18-56-48(68)42(32)34(20-54-43)58-36-13-24(14-38(60-36)64-23-26(50)16-40(64)66)21-62-12-8-30-28(6-10-52-46(30)62)44-31-17-55-47(67)41(31)33(19-53-44)57-35-3-2-4-37(59-35)63-22-25(49)15-39(63)65/h2-14,19-20,25-26H,15-18,21-23,49-50H2,1H3,(H,55,67)(H,56,68)(H,57,59)(H,58,60)/t25-,26+/m1/s1. The lowest BCUT2D eigenvalue weighted by Gasteiger charge is -2.19. The minimum absolute atomic E-state index is 0.0900. The lowest BCUT2D eigenvalue weighted by atomic mass is 10.0. The Morgan fingerprint density at radius 2 is 1.24 bits per heavy atom. The van der Waals surface area contributed by atoms with Crippen molar-refractivity contribution in [2.75, 3.05) is 33.5 Å². The number of nitrogens with one attached hydrogen (secondary N) is 4. The van der Waals surface area contributed by atoms with Crippen LogP contribution in [0.1, 0.15) is 50.2 Å². The molecule has 8 aromatic rings. The van der Waals surface area contributed by atoms with Crippen LogP contribution in [0, 0.1) is 0 Å². The normalized spacial score (nSPS) is 17.6. The zero-order valence-corrected chi connectivity index (χ0v) is 36.5. The highest BCUT2D eigenvalue weighted by Crippen LogP contribution is 2.39. The van der Waals surface area contributed by atoms with Gasteiger partial charge in [-0.1, -0.05) is 6.07 Å². The summed E-state index contributed by atoms with van der Waals surface area (Å²) in [6, 6.07) is 16.2. The van der Waals surface area contributed by atoms with E-state index in [-0.39, 0.29) is 55.1 Å². The molecule has 4 aliphatic heterocycles. The fourth-order valence-corrected chi connectivity index (χ4v) is 9.83. The first kappa shape index (κ1) is 40.9. The SMILES string of the molecule is Cn1ccc2c(-c3ncc(Nc4cc(Cn5ccc6c(-c7ncc(Nc8cccc(N9C[C@H](N)CC9=O)n8)c8c7CNC8=O)ccnc65)cc(N5C[C@@H](N)CC5=O)n4)c4c3CNC4=O)ccnc21. The first-order chi connectivity index (χ1) is 33.0. The van der Waals surface area contributed by atoms with Gasteiger partial charge in [-0.2, -0.15) is 0 Å². The summed E-state index contributed by atoms with van der Waals surface area (Å²) >= 11 is 0. The number of rotatable bonds is 10. The third-order valence-electron chi connectivity index (χ3n) is 13.0. The maximum Gasteiger partial charge on any atom is 0.254 e. The summed E-state index contributed by atoms with van der Waals surface area (Å²) in [5.41, 5.74) is 20.9. The fourth-order valence-electron chi connectivity index (χ4n) is 9.83. The van der Waals surface area contributed by atoms with E-state index in [0.717, 1.165) is 44.2 Å². The van der Waals surface area contributed by atoms with E-state index < -0.39 is 0 Å². The number of hydrogen-bond acceptors (Lipinski definition) is 14. The zero-order valence-electron chi connectivity index (χ0n) is 36.5. The van der Waals surface area contributed by atoms with Gasteiger partial charge >= 0.3 is 0 Å². The van der Waals surface area contributed by atoms with E-state index in [2.05, 4.69) is 31.2 Å². The van der Waals surface area contributed by atoms with Crippen LogP contribution in [0.15, 0.2) is 91.8 Å². The van der Waals surface area contributed by atoms with Crippen molar-refractivity contribution >= 4 is 80.3 Å². The number of fused-ring (bicyclic) bond motifs is 4. The Morgan fingerprint density at radius 1 is 0.662 bits per heavy atom.